The van der Waals surface area contributed by atoms with Crippen molar-refractivity contribution in [1.82, 2.24) is 9.97 Å². The Kier molecular flexibility index (Phi) is 6.37. The van der Waals surface area contributed by atoms with Crippen LogP contribution in [-0.4, -0.2) is 34.3 Å². The predicted octanol–water partition coefficient (Wildman–Crippen LogP) is 4.51. The number of halogens is 2. The van der Waals surface area contributed by atoms with Gasteiger partial charge in [-0.05, 0) is 48.4 Å². The molecule has 0 saturated heterocycles. The molecule has 3 rings (SSSR count). The van der Waals surface area contributed by atoms with Gasteiger partial charge in [0, 0.05) is 29.0 Å². The van der Waals surface area contributed by atoms with Crippen LogP contribution in [0.3, 0.4) is 0 Å². The number of carboxylic acid groups (broad SMARTS) is 1. The molecule has 29 heavy (non-hydrogen) atoms. The summed E-state index contributed by atoms with van der Waals surface area (Å²) in [6.45, 7) is 1.76. The number of methoxy groups -OCH3 is 1. The molecular formula is C21H18Cl2N2O4. The molecule has 1 N–H and O–H groups in total. The summed E-state index contributed by atoms with van der Waals surface area (Å²) in [6.07, 6.45) is -0.00743. The fourth-order valence-corrected chi connectivity index (χ4v) is 3.35. The van der Waals surface area contributed by atoms with Gasteiger partial charge in [0.1, 0.15) is 0 Å². The summed E-state index contributed by atoms with van der Waals surface area (Å²) in [4.78, 5) is 20.6. The first-order valence-corrected chi connectivity index (χ1v) is 9.38. The highest BCUT2D eigenvalue weighted by Crippen LogP contribution is 2.39. The van der Waals surface area contributed by atoms with E-state index in [-0.39, 0.29) is 6.01 Å². The highest BCUT2D eigenvalue weighted by molar-refractivity contribution is 6.30. The quantitative estimate of drug-likeness (QED) is 0.591. The van der Waals surface area contributed by atoms with Crippen molar-refractivity contribution < 1.29 is 19.4 Å². The lowest BCUT2D eigenvalue weighted by atomic mass is 9.81. The maximum absolute atomic E-state index is 12.4. The van der Waals surface area contributed by atoms with E-state index in [0.29, 0.717) is 26.9 Å². The molecule has 0 amide bonds. The van der Waals surface area contributed by atoms with Crippen LogP contribution in [0, 0.1) is 6.92 Å². The molecule has 0 aliphatic carbocycles. The molecule has 0 aliphatic rings. The van der Waals surface area contributed by atoms with Crippen molar-refractivity contribution in [3.05, 3.63) is 87.7 Å². The largest absolute Gasteiger partial charge is 0.478 e. The average molecular weight is 433 g/mol. The maximum atomic E-state index is 12.4. The zero-order valence-electron chi connectivity index (χ0n) is 15.7. The van der Waals surface area contributed by atoms with Gasteiger partial charge in [0.15, 0.2) is 5.60 Å². The smallest absolute Gasteiger partial charge is 0.348 e. The molecule has 1 heterocycles. The standard InChI is InChI=1S/C21H18Cl2N2O4/c1-13-11-12-24-20(25-13)29-18(19(26)27)21(28-2,14-3-7-16(22)8-4-14)15-5-9-17(23)10-6-15/h3-12,18H,1-2H3,(H,26,27)/t18-/m0/s1. The SMILES string of the molecule is COC(c1ccc(Cl)cc1)(c1ccc(Cl)cc1)[C@@H](Oc1nccc(C)n1)C(=O)O. The molecule has 2 aromatic carbocycles. The highest BCUT2D eigenvalue weighted by Gasteiger charge is 2.49. The Morgan fingerprint density at radius 3 is 1.93 bits per heavy atom. The molecule has 0 fully saturated rings. The van der Waals surface area contributed by atoms with Crippen LogP contribution in [0.5, 0.6) is 6.01 Å². The third kappa shape index (κ3) is 4.34. The van der Waals surface area contributed by atoms with Gasteiger partial charge in [-0.2, -0.15) is 0 Å². The van der Waals surface area contributed by atoms with Gasteiger partial charge in [-0.15, -0.1) is 0 Å². The number of aromatic nitrogens is 2. The van der Waals surface area contributed by atoms with Crippen molar-refractivity contribution in [1.29, 1.82) is 0 Å². The molecule has 0 saturated carbocycles. The maximum Gasteiger partial charge on any atom is 0.348 e. The van der Waals surface area contributed by atoms with Crippen molar-refractivity contribution in [3.63, 3.8) is 0 Å². The van der Waals surface area contributed by atoms with E-state index in [1.54, 1.807) is 61.5 Å². The highest BCUT2D eigenvalue weighted by atomic mass is 35.5. The summed E-state index contributed by atoms with van der Waals surface area (Å²) in [5.74, 6) is -1.25. The van der Waals surface area contributed by atoms with Gasteiger partial charge in [-0.3, -0.25) is 0 Å². The first-order valence-electron chi connectivity index (χ1n) is 8.63. The Morgan fingerprint density at radius 2 is 1.52 bits per heavy atom. The van der Waals surface area contributed by atoms with Crippen LogP contribution < -0.4 is 4.74 Å². The molecule has 0 radical (unpaired) electrons. The Morgan fingerprint density at radius 1 is 1.00 bits per heavy atom. The number of nitrogens with zero attached hydrogens (tertiary/aromatic N) is 2. The molecule has 1 atom stereocenters. The summed E-state index contributed by atoms with van der Waals surface area (Å²) >= 11 is 12.1. The van der Waals surface area contributed by atoms with E-state index in [9.17, 15) is 9.90 Å². The van der Waals surface area contributed by atoms with Gasteiger partial charge < -0.3 is 14.6 Å². The zero-order valence-corrected chi connectivity index (χ0v) is 17.2. The van der Waals surface area contributed by atoms with Gasteiger partial charge in [-0.1, -0.05) is 47.5 Å². The van der Waals surface area contributed by atoms with Crippen LogP contribution >= 0.6 is 23.2 Å². The van der Waals surface area contributed by atoms with Crippen molar-refractivity contribution in [2.24, 2.45) is 0 Å². The van der Waals surface area contributed by atoms with Crippen LogP contribution in [0.15, 0.2) is 60.8 Å². The molecule has 8 heteroatoms. The number of ether oxygens (including phenoxy) is 2. The van der Waals surface area contributed by atoms with E-state index in [1.165, 1.54) is 13.3 Å². The monoisotopic (exact) mass is 432 g/mol. The molecular weight excluding hydrogens is 415 g/mol. The van der Waals surface area contributed by atoms with Crippen LogP contribution in [0.2, 0.25) is 10.0 Å². The number of carboxylic acids is 1. The third-order valence-electron chi connectivity index (χ3n) is 4.46. The minimum Gasteiger partial charge on any atom is -0.478 e. The second-order valence-electron chi connectivity index (χ2n) is 6.27. The fraction of sp³-hybridized carbons (Fsp3) is 0.190. The predicted molar refractivity (Wildman–Crippen MR) is 110 cm³/mol. The first-order chi connectivity index (χ1) is 13.9. The first kappa shape index (κ1) is 21.0. The fourth-order valence-electron chi connectivity index (χ4n) is 3.10. The van der Waals surface area contributed by atoms with Gasteiger partial charge in [0.2, 0.25) is 6.10 Å². The van der Waals surface area contributed by atoms with E-state index in [2.05, 4.69) is 9.97 Å². The van der Waals surface area contributed by atoms with Crippen molar-refractivity contribution in [3.8, 4) is 6.01 Å². The molecule has 6 nitrogen and oxygen atoms in total. The molecule has 3 aromatic rings. The van der Waals surface area contributed by atoms with E-state index in [0.717, 1.165) is 0 Å². The topological polar surface area (TPSA) is 81.5 Å². The molecule has 0 unspecified atom stereocenters. The number of hydrogen-bond acceptors (Lipinski definition) is 5. The zero-order chi connectivity index (χ0) is 21.0. The van der Waals surface area contributed by atoms with Gasteiger partial charge in [-0.25, -0.2) is 14.8 Å². The number of rotatable bonds is 7. The Balaban J connectivity index is 2.21. The summed E-state index contributed by atoms with van der Waals surface area (Å²) in [7, 11) is 1.42. The lowest BCUT2D eigenvalue weighted by Crippen LogP contribution is -2.50. The van der Waals surface area contributed by atoms with Crippen molar-refractivity contribution in [2.75, 3.05) is 7.11 Å². The third-order valence-corrected chi connectivity index (χ3v) is 4.96. The number of benzene rings is 2. The van der Waals surface area contributed by atoms with E-state index in [4.69, 9.17) is 32.7 Å². The Bertz CT molecular complexity index is 949. The van der Waals surface area contributed by atoms with Crippen molar-refractivity contribution in [2.45, 2.75) is 18.6 Å². The average Bonchev–Trinajstić information content (AvgIpc) is 2.70. The van der Waals surface area contributed by atoms with E-state index in [1.807, 2.05) is 0 Å². The second-order valence-corrected chi connectivity index (χ2v) is 7.14. The van der Waals surface area contributed by atoms with Crippen LogP contribution in [0.25, 0.3) is 0 Å². The molecule has 0 aliphatic heterocycles. The normalized spacial score (nSPS) is 12.4. The number of aliphatic carboxylic acids is 1. The Hall–Kier alpha value is -2.67. The van der Waals surface area contributed by atoms with Crippen molar-refractivity contribution >= 4 is 29.2 Å². The van der Waals surface area contributed by atoms with Gasteiger partial charge in [0.05, 0.1) is 0 Å². The molecule has 0 spiro atoms. The minimum absolute atomic E-state index is 0.0678. The summed E-state index contributed by atoms with van der Waals surface area (Å²) in [5, 5.41) is 11.1. The lowest BCUT2D eigenvalue weighted by molar-refractivity contribution is -0.160. The summed E-state index contributed by atoms with van der Waals surface area (Å²) in [5.41, 5.74) is 0.187. The molecule has 1 aromatic heterocycles. The molecule has 150 valence electrons. The number of hydrogen-bond donors (Lipinski definition) is 1. The van der Waals surface area contributed by atoms with Crippen LogP contribution in [-0.2, 0) is 15.1 Å². The van der Waals surface area contributed by atoms with Gasteiger partial charge >= 0.3 is 12.0 Å². The number of aryl methyl sites for hydroxylation is 1. The Labute approximate surface area is 178 Å². The summed E-state index contributed by atoms with van der Waals surface area (Å²) < 4.78 is 11.6. The van der Waals surface area contributed by atoms with Crippen LogP contribution in [0.4, 0.5) is 0 Å². The minimum atomic E-state index is -1.52. The summed E-state index contributed by atoms with van der Waals surface area (Å²) in [6, 6.07) is 15.0. The van der Waals surface area contributed by atoms with Gasteiger partial charge in [0.25, 0.3) is 0 Å². The molecule has 0 bridgehead atoms. The second kappa shape index (κ2) is 8.78. The van der Waals surface area contributed by atoms with E-state index < -0.39 is 17.7 Å². The lowest BCUT2D eigenvalue weighted by Gasteiger charge is -2.37. The number of carbonyl (C=O) groups is 1. The van der Waals surface area contributed by atoms with E-state index >= 15 is 0 Å². The van der Waals surface area contributed by atoms with Crippen LogP contribution in [0.1, 0.15) is 16.8 Å².